The van der Waals surface area contributed by atoms with Crippen molar-refractivity contribution in [2.75, 3.05) is 57.0 Å². The van der Waals surface area contributed by atoms with Crippen LogP contribution in [0.4, 0.5) is 17.1 Å². The largest absolute Gasteiger partial charge is 0.378 e. The number of Topliss-reactive ketones (excluding diaryl/α,β-unsaturated/α-hetero) is 2. The Labute approximate surface area is 254 Å². The van der Waals surface area contributed by atoms with Gasteiger partial charge in [0.2, 0.25) is 0 Å². The third-order valence-electron chi connectivity index (χ3n) is 7.32. The van der Waals surface area contributed by atoms with Crippen LogP contribution in [0.1, 0.15) is 48.5 Å². The van der Waals surface area contributed by atoms with Gasteiger partial charge in [-0.25, -0.2) is 0 Å². The molecule has 5 rings (SSSR count). The zero-order valence-corrected chi connectivity index (χ0v) is 25.3. The maximum atomic E-state index is 13.8. The highest BCUT2D eigenvalue weighted by Crippen LogP contribution is 2.33. The molecule has 0 atom stereocenters. The van der Waals surface area contributed by atoms with E-state index in [-0.39, 0.29) is 17.1 Å². The second kappa shape index (κ2) is 12.1. The van der Waals surface area contributed by atoms with Crippen LogP contribution in [0.25, 0.3) is 6.08 Å². The minimum absolute atomic E-state index is 0.121. The van der Waals surface area contributed by atoms with E-state index in [1.54, 1.807) is 18.2 Å². The van der Waals surface area contributed by atoms with Gasteiger partial charge in [0.1, 0.15) is 0 Å². The van der Waals surface area contributed by atoms with Crippen LogP contribution in [-0.4, -0.2) is 53.9 Å². The summed E-state index contributed by atoms with van der Waals surface area (Å²) in [6.45, 7) is 0. The van der Waals surface area contributed by atoms with E-state index in [0.29, 0.717) is 22.3 Å². The molecule has 212 valence electrons. The maximum Gasteiger partial charge on any atom is 0.199 e. The molecule has 0 heterocycles. The van der Waals surface area contributed by atoms with Crippen LogP contribution < -0.4 is 14.7 Å². The predicted molar refractivity (Wildman–Crippen MR) is 177 cm³/mol. The molecule has 0 N–H and O–H groups in total. The summed E-state index contributed by atoms with van der Waals surface area (Å²) >= 11 is 0. The summed E-state index contributed by atoms with van der Waals surface area (Å²) < 4.78 is 0. The summed E-state index contributed by atoms with van der Waals surface area (Å²) in [5.41, 5.74) is 7.35. The molecule has 1 aliphatic carbocycles. The van der Waals surface area contributed by atoms with E-state index in [0.717, 1.165) is 33.8 Å². The quantitative estimate of drug-likeness (QED) is 0.169. The molecule has 4 aromatic rings. The molecule has 0 saturated carbocycles. The van der Waals surface area contributed by atoms with Crippen molar-refractivity contribution in [3.8, 4) is 23.7 Å². The maximum absolute atomic E-state index is 13.8. The van der Waals surface area contributed by atoms with Crippen molar-refractivity contribution in [3.05, 3.63) is 129 Å². The minimum Gasteiger partial charge on any atom is -0.378 e. The molecule has 0 amide bonds. The lowest BCUT2D eigenvalue weighted by atomic mass is 9.97. The molecule has 0 aliphatic heterocycles. The van der Waals surface area contributed by atoms with E-state index in [4.69, 9.17) is 0 Å². The highest BCUT2D eigenvalue weighted by Gasteiger charge is 2.37. The Bertz CT molecular complexity index is 1740. The molecule has 5 nitrogen and oxygen atoms in total. The summed E-state index contributed by atoms with van der Waals surface area (Å²) in [4.78, 5) is 33.7. The SMILES string of the molecule is CN(C)c1ccc(C#Cc2ccc(C#Cc3ccc(N(C)C)cc3)c3c2C(=O)C(=Cc2ccc(N(C)C)cc2)C3=O)cc1. The fourth-order valence-electron chi connectivity index (χ4n) is 4.79. The lowest BCUT2D eigenvalue weighted by Gasteiger charge is -2.11. The summed E-state index contributed by atoms with van der Waals surface area (Å²) in [6.07, 6.45) is 1.67. The van der Waals surface area contributed by atoms with E-state index in [1.165, 1.54) is 0 Å². The van der Waals surface area contributed by atoms with Gasteiger partial charge in [-0.3, -0.25) is 9.59 Å². The molecule has 4 aromatic carbocycles. The van der Waals surface area contributed by atoms with E-state index in [1.807, 2.05) is 130 Å². The lowest BCUT2D eigenvalue weighted by molar-refractivity contribution is 0.0990. The monoisotopic (exact) mass is 563 g/mol. The van der Waals surface area contributed by atoms with Crippen LogP contribution in [0.5, 0.6) is 0 Å². The Morgan fingerprint density at radius 3 is 1.16 bits per heavy atom. The molecule has 0 aromatic heterocycles. The molecular formula is C38H33N3O2. The van der Waals surface area contributed by atoms with Crippen LogP contribution in [0, 0.1) is 23.7 Å². The van der Waals surface area contributed by atoms with Gasteiger partial charge in [0.05, 0.1) is 16.7 Å². The van der Waals surface area contributed by atoms with Gasteiger partial charge >= 0.3 is 0 Å². The van der Waals surface area contributed by atoms with Gasteiger partial charge in [-0.1, -0.05) is 35.8 Å². The van der Waals surface area contributed by atoms with E-state index in [2.05, 4.69) is 23.7 Å². The zero-order chi connectivity index (χ0) is 30.7. The standard InChI is InChI=1S/C38H33N3O2/c1-39(2)31-19-9-26(10-20-31)7-15-29-17-18-30(16-8-27-11-21-32(22-12-27)40(3)4)36-35(29)37(42)34(38(36)43)25-28-13-23-33(24-14-28)41(5)6/h9-14,17-25H,1-6H3. The molecule has 0 bridgehead atoms. The van der Waals surface area contributed by atoms with Gasteiger partial charge in [-0.05, 0) is 84.4 Å². The molecule has 0 fully saturated rings. The first-order valence-corrected chi connectivity index (χ1v) is 14.0. The Hall–Kier alpha value is -5.52. The molecule has 0 unspecified atom stereocenters. The first-order valence-electron chi connectivity index (χ1n) is 14.0. The molecule has 5 heteroatoms. The summed E-state index contributed by atoms with van der Waals surface area (Å²) in [5.74, 6) is 12.0. The average Bonchev–Trinajstić information content (AvgIpc) is 3.25. The van der Waals surface area contributed by atoms with Crippen molar-refractivity contribution in [1.82, 2.24) is 0 Å². The van der Waals surface area contributed by atoms with Crippen LogP contribution in [0.2, 0.25) is 0 Å². The number of nitrogens with zero attached hydrogens (tertiary/aromatic N) is 3. The number of allylic oxidation sites excluding steroid dienone is 1. The average molecular weight is 564 g/mol. The van der Waals surface area contributed by atoms with Crippen molar-refractivity contribution < 1.29 is 9.59 Å². The van der Waals surface area contributed by atoms with E-state index >= 15 is 0 Å². The van der Waals surface area contributed by atoms with E-state index < -0.39 is 0 Å². The second-order valence-electron chi connectivity index (χ2n) is 11.0. The Morgan fingerprint density at radius 2 is 0.814 bits per heavy atom. The Balaban J connectivity index is 1.58. The third kappa shape index (κ3) is 6.22. The number of rotatable bonds is 4. The topological polar surface area (TPSA) is 43.9 Å². The molecule has 43 heavy (non-hydrogen) atoms. The van der Waals surface area contributed by atoms with Crippen molar-refractivity contribution >= 4 is 34.7 Å². The van der Waals surface area contributed by atoms with E-state index in [9.17, 15) is 9.59 Å². The Kier molecular flexibility index (Phi) is 8.19. The van der Waals surface area contributed by atoms with Crippen LogP contribution in [0.3, 0.4) is 0 Å². The van der Waals surface area contributed by atoms with Gasteiger partial charge < -0.3 is 14.7 Å². The number of carbonyl (C=O) groups is 2. The number of benzene rings is 4. The van der Waals surface area contributed by atoms with Gasteiger partial charge in [-0.2, -0.15) is 0 Å². The summed E-state index contributed by atoms with van der Waals surface area (Å²) in [5, 5.41) is 0. The lowest BCUT2D eigenvalue weighted by Crippen LogP contribution is -2.08. The van der Waals surface area contributed by atoms with Crippen molar-refractivity contribution in [2.45, 2.75) is 0 Å². The minimum atomic E-state index is -0.331. The number of fused-ring (bicyclic) bond motifs is 1. The highest BCUT2D eigenvalue weighted by molar-refractivity contribution is 6.42. The van der Waals surface area contributed by atoms with Crippen molar-refractivity contribution in [3.63, 3.8) is 0 Å². The predicted octanol–water partition coefficient (Wildman–Crippen LogP) is 6.15. The fourth-order valence-corrected chi connectivity index (χ4v) is 4.79. The summed E-state index contributed by atoms with van der Waals surface area (Å²) in [7, 11) is 11.9. The number of anilines is 3. The van der Waals surface area contributed by atoms with Crippen molar-refractivity contribution in [1.29, 1.82) is 0 Å². The zero-order valence-electron chi connectivity index (χ0n) is 25.3. The van der Waals surface area contributed by atoms with Crippen LogP contribution >= 0.6 is 0 Å². The normalized spacial score (nSPS) is 11.6. The molecule has 0 saturated heterocycles. The summed E-state index contributed by atoms with van der Waals surface area (Å²) in [6, 6.07) is 27.1. The fraction of sp³-hybridized carbons (Fsp3) is 0.158. The number of ketones is 2. The number of carbonyl (C=O) groups excluding carboxylic acids is 2. The molecular weight excluding hydrogens is 530 g/mol. The number of hydrogen-bond donors (Lipinski definition) is 0. The molecule has 0 spiro atoms. The molecule has 1 aliphatic rings. The van der Waals surface area contributed by atoms with Crippen LogP contribution in [-0.2, 0) is 0 Å². The first kappa shape index (κ1) is 29.0. The number of hydrogen-bond acceptors (Lipinski definition) is 5. The van der Waals surface area contributed by atoms with Gasteiger partial charge in [0.15, 0.2) is 11.6 Å². The molecule has 0 radical (unpaired) electrons. The smallest absolute Gasteiger partial charge is 0.199 e. The second-order valence-corrected chi connectivity index (χ2v) is 11.0. The third-order valence-corrected chi connectivity index (χ3v) is 7.32. The van der Waals surface area contributed by atoms with Crippen LogP contribution in [0.15, 0.2) is 90.5 Å². The van der Waals surface area contributed by atoms with Gasteiger partial charge in [0.25, 0.3) is 0 Å². The first-order chi connectivity index (χ1) is 20.6. The Morgan fingerprint density at radius 1 is 0.465 bits per heavy atom. The highest BCUT2D eigenvalue weighted by atomic mass is 16.2. The van der Waals surface area contributed by atoms with Gasteiger partial charge in [0, 0.05) is 81.6 Å². The van der Waals surface area contributed by atoms with Crippen molar-refractivity contribution in [2.24, 2.45) is 0 Å². The van der Waals surface area contributed by atoms with Gasteiger partial charge in [-0.15, -0.1) is 0 Å².